The number of primary amides is 1. The Balaban J connectivity index is 2.27. The van der Waals surface area contributed by atoms with E-state index in [9.17, 15) is 4.79 Å². The number of amides is 1. The Labute approximate surface area is 104 Å². The monoisotopic (exact) mass is 239 g/mol. The molecule has 0 aliphatic rings. The number of nitrogens with two attached hydrogens (primary N) is 1. The van der Waals surface area contributed by atoms with E-state index < -0.39 is 0 Å². The Morgan fingerprint density at radius 1 is 1.11 bits per heavy atom. The molecular weight excluding hydrogens is 226 g/mol. The molecule has 0 saturated carbocycles. The van der Waals surface area contributed by atoms with Gasteiger partial charge in [0.1, 0.15) is 11.2 Å². The van der Waals surface area contributed by atoms with Crippen LogP contribution in [0.25, 0.3) is 21.9 Å². The minimum Gasteiger partial charge on any atom is -0.456 e. The Morgan fingerprint density at radius 2 is 1.83 bits per heavy atom. The summed E-state index contributed by atoms with van der Waals surface area (Å²) in [6, 6.07) is 13.6. The van der Waals surface area contributed by atoms with E-state index in [2.05, 4.69) is 0 Å². The minimum atomic E-state index is -0.317. The first-order valence-electron chi connectivity index (χ1n) is 5.87. The molecule has 0 aliphatic carbocycles. The standard InChI is InChI=1S/C15H13NO2/c1-9(15(16)17)10-6-7-14-12(8-10)11-4-2-3-5-13(11)18-14/h2-9H,1H3,(H2,16,17). The fraction of sp³-hybridized carbons (Fsp3) is 0.133. The molecule has 1 unspecified atom stereocenters. The van der Waals surface area contributed by atoms with Crippen LogP contribution in [0, 0.1) is 0 Å². The lowest BCUT2D eigenvalue weighted by Crippen LogP contribution is -2.18. The molecule has 1 atom stereocenters. The zero-order chi connectivity index (χ0) is 12.7. The number of furan rings is 1. The van der Waals surface area contributed by atoms with Crippen LogP contribution in [0.1, 0.15) is 18.4 Å². The first kappa shape index (κ1) is 10.8. The lowest BCUT2D eigenvalue weighted by Gasteiger charge is -2.06. The minimum absolute atomic E-state index is 0.289. The predicted molar refractivity (Wildman–Crippen MR) is 71.3 cm³/mol. The van der Waals surface area contributed by atoms with Crippen molar-refractivity contribution in [1.82, 2.24) is 0 Å². The van der Waals surface area contributed by atoms with Gasteiger partial charge in [0.15, 0.2) is 0 Å². The molecule has 18 heavy (non-hydrogen) atoms. The third-order valence-corrected chi connectivity index (χ3v) is 3.33. The van der Waals surface area contributed by atoms with Crippen LogP contribution in [0.2, 0.25) is 0 Å². The molecule has 3 heteroatoms. The molecule has 0 radical (unpaired) electrons. The number of hydrogen-bond donors (Lipinski definition) is 1. The second-order valence-electron chi connectivity index (χ2n) is 4.48. The molecule has 3 aromatic rings. The first-order chi connectivity index (χ1) is 8.66. The van der Waals surface area contributed by atoms with Crippen molar-refractivity contribution in [3.8, 4) is 0 Å². The van der Waals surface area contributed by atoms with Gasteiger partial charge in [-0.05, 0) is 30.7 Å². The van der Waals surface area contributed by atoms with Gasteiger partial charge in [-0.2, -0.15) is 0 Å². The lowest BCUT2D eigenvalue weighted by atomic mass is 9.98. The summed E-state index contributed by atoms with van der Waals surface area (Å²) in [5.41, 5.74) is 7.94. The summed E-state index contributed by atoms with van der Waals surface area (Å²) in [6.45, 7) is 1.81. The maximum absolute atomic E-state index is 11.2. The SMILES string of the molecule is CC(C(N)=O)c1ccc2oc3ccccc3c2c1. The third kappa shape index (κ3) is 1.56. The van der Waals surface area contributed by atoms with Crippen molar-refractivity contribution in [2.75, 3.05) is 0 Å². The molecule has 0 fully saturated rings. The van der Waals surface area contributed by atoms with Gasteiger partial charge in [-0.1, -0.05) is 24.3 Å². The van der Waals surface area contributed by atoms with Crippen LogP contribution >= 0.6 is 0 Å². The van der Waals surface area contributed by atoms with Gasteiger partial charge in [-0.15, -0.1) is 0 Å². The van der Waals surface area contributed by atoms with Crippen LogP contribution in [-0.2, 0) is 4.79 Å². The van der Waals surface area contributed by atoms with E-state index in [0.29, 0.717) is 0 Å². The van der Waals surface area contributed by atoms with Crippen molar-refractivity contribution < 1.29 is 9.21 Å². The Hall–Kier alpha value is -2.29. The van der Waals surface area contributed by atoms with Crippen molar-refractivity contribution >= 4 is 27.8 Å². The summed E-state index contributed by atoms with van der Waals surface area (Å²) in [7, 11) is 0. The van der Waals surface area contributed by atoms with E-state index in [1.807, 2.05) is 49.4 Å². The molecule has 2 N–H and O–H groups in total. The van der Waals surface area contributed by atoms with Crippen molar-refractivity contribution in [2.24, 2.45) is 5.73 Å². The number of fused-ring (bicyclic) bond motifs is 3. The van der Waals surface area contributed by atoms with E-state index in [1.165, 1.54) is 0 Å². The number of hydrogen-bond acceptors (Lipinski definition) is 2. The van der Waals surface area contributed by atoms with E-state index >= 15 is 0 Å². The summed E-state index contributed by atoms with van der Waals surface area (Å²) in [5.74, 6) is -0.606. The van der Waals surface area contributed by atoms with Crippen LogP contribution in [0.15, 0.2) is 46.9 Å². The number of carbonyl (C=O) groups excluding carboxylic acids is 1. The third-order valence-electron chi connectivity index (χ3n) is 3.33. The van der Waals surface area contributed by atoms with E-state index in [4.69, 9.17) is 10.2 Å². The Bertz CT molecular complexity index is 742. The molecule has 1 amide bonds. The maximum Gasteiger partial charge on any atom is 0.224 e. The Morgan fingerprint density at radius 3 is 2.61 bits per heavy atom. The summed E-state index contributed by atoms with van der Waals surface area (Å²) >= 11 is 0. The molecule has 90 valence electrons. The quantitative estimate of drug-likeness (QED) is 0.746. The molecule has 3 nitrogen and oxygen atoms in total. The van der Waals surface area contributed by atoms with Gasteiger partial charge in [0, 0.05) is 10.8 Å². The highest BCUT2D eigenvalue weighted by atomic mass is 16.3. The van der Waals surface area contributed by atoms with Crippen LogP contribution in [0.5, 0.6) is 0 Å². The summed E-state index contributed by atoms with van der Waals surface area (Å²) in [5, 5.41) is 2.09. The lowest BCUT2D eigenvalue weighted by molar-refractivity contribution is -0.119. The second kappa shape index (κ2) is 3.88. The van der Waals surface area contributed by atoms with Crippen LogP contribution in [0.3, 0.4) is 0 Å². The first-order valence-corrected chi connectivity index (χ1v) is 5.87. The fourth-order valence-corrected chi connectivity index (χ4v) is 2.18. The number of benzene rings is 2. The predicted octanol–water partition coefficient (Wildman–Crippen LogP) is 3.17. The van der Waals surface area contributed by atoms with Gasteiger partial charge in [-0.3, -0.25) is 4.79 Å². The summed E-state index contributed by atoms with van der Waals surface area (Å²) in [6.07, 6.45) is 0. The molecule has 0 saturated heterocycles. The maximum atomic E-state index is 11.2. The van der Waals surface area contributed by atoms with Crippen molar-refractivity contribution in [3.63, 3.8) is 0 Å². The summed E-state index contributed by atoms with van der Waals surface area (Å²) < 4.78 is 5.73. The van der Waals surface area contributed by atoms with E-state index in [0.717, 1.165) is 27.5 Å². The topological polar surface area (TPSA) is 56.2 Å². The van der Waals surface area contributed by atoms with E-state index in [-0.39, 0.29) is 11.8 Å². The highest BCUT2D eigenvalue weighted by molar-refractivity contribution is 6.05. The van der Waals surface area contributed by atoms with Gasteiger partial charge in [-0.25, -0.2) is 0 Å². The van der Waals surface area contributed by atoms with Gasteiger partial charge in [0.2, 0.25) is 5.91 Å². The highest BCUT2D eigenvalue weighted by Crippen LogP contribution is 2.30. The summed E-state index contributed by atoms with van der Waals surface area (Å²) in [4.78, 5) is 11.2. The molecule has 3 rings (SSSR count). The second-order valence-corrected chi connectivity index (χ2v) is 4.48. The van der Waals surface area contributed by atoms with Gasteiger partial charge in [0.25, 0.3) is 0 Å². The molecule has 0 aliphatic heterocycles. The largest absolute Gasteiger partial charge is 0.456 e. The zero-order valence-electron chi connectivity index (χ0n) is 10.0. The van der Waals surface area contributed by atoms with Crippen molar-refractivity contribution in [2.45, 2.75) is 12.8 Å². The molecule has 1 aromatic heterocycles. The normalized spacial score (nSPS) is 12.9. The zero-order valence-corrected chi connectivity index (χ0v) is 10.0. The van der Waals surface area contributed by atoms with Gasteiger partial charge in [0.05, 0.1) is 5.92 Å². The van der Waals surface area contributed by atoms with Crippen LogP contribution in [-0.4, -0.2) is 5.91 Å². The van der Waals surface area contributed by atoms with E-state index in [1.54, 1.807) is 0 Å². The molecule has 2 aromatic carbocycles. The molecule has 1 heterocycles. The van der Waals surface area contributed by atoms with Crippen molar-refractivity contribution in [3.05, 3.63) is 48.0 Å². The number of carbonyl (C=O) groups is 1. The van der Waals surface area contributed by atoms with Gasteiger partial charge >= 0.3 is 0 Å². The molecular formula is C15H13NO2. The molecule has 0 spiro atoms. The number of para-hydroxylation sites is 1. The molecule has 0 bridgehead atoms. The average molecular weight is 239 g/mol. The van der Waals surface area contributed by atoms with Gasteiger partial charge < -0.3 is 10.2 Å². The average Bonchev–Trinajstić information content (AvgIpc) is 2.75. The number of rotatable bonds is 2. The van der Waals surface area contributed by atoms with Crippen LogP contribution < -0.4 is 5.73 Å². The fourth-order valence-electron chi connectivity index (χ4n) is 2.18. The highest BCUT2D eigenvalue weighted by Gasteiger charge is 2.14. The van der Waals surface area contributed by atoms with Crippen molar-refractivity contribution in [1.29, 1.82) is 0 Å². The Kier molecular flexibility index (Phi) is 2.33. The van der Waals surface area contributed by atoms with Crippen LogP contribution in [0.4, 0.5) is 0 Å². The smallest absolute Gasteiger partial charge is 0.224 e.